The molecule has 4 nitrogen and oxygen atoms in total. The van der Waals surface area contributed by atoms with Crippen molar-refractivity contribution in [2.75, 3.05) is 18.5 Å². The van der Waals surface area contributed by atoms with Crippen molar-refractivity contribution in [1.29, 1.82) is 0 Å². The molecule has 0 radical (unpaired) electrons. The number of aryl methyl sites for hydroxylation is 1. The summed E-state index contributed by atoms with van der Waals surface area (Å²) in [7, 11) is 0. The van der Waals surface area contributed by atoms with Gasteiger partial charge in [-0.05, 0) is 56.3 Å². The van der Waals surface area contributed by atoms with Crippen molar-refractivity contribution in [2.24, 2.45) is 11.7 Å². The van der Waals surface area contributed by atoms with Gasteiger partial charge in [0.1, 0.15) is 5.75 Å². The molecule has 0 atom stereocenters. The van der Waals surface area contributed by atoms with Crippen LogP contribution in [0.5, 0.6) is 5.75 Å². The monoisotopic (exact) mass is 292 g/mol. The van der Waals surface area contributed by atoms with E-state index in [4.69, 9.17) is 10.5 Å². The summed E-state index contributed by atoms with van der Waals surface area (Å²) >= 11 is 0. The van der Waals surface area contributed by atoms with E-state index in [2.05, 4.69) is 5.32 Å². The van der Waals surface area contributed by atoms with E-state index in [0.717, 1.165) is 37.2 Å². The Morgan fingerprint density at radius 3 is 2.71 bits per heavy atom. The van der Waals surface area contributed by atoms with Crippen LogP contribution < -0.4 is 15.8 Å². The van der Waals surface area contributed by atoms with Gasteiger partial charge in [0.25, 0.3) is 0 Å². The van der Waals surface area contributed by atoms with Gasteiger partial charge in [0.05, 0.1) is 12.3 Å². The molecule has 0 heterocycles. The first kappa shape index (κ1) is 17.5. The average molecular weight is 292 g/mol. The normalized spacial score (nSPS) is 10.7. The van der Waals surface area contributed by atoms with E-state index in [-0.39, 0.29) is 5.91 Å². The highest BCUT2D eigenvalue weighted by Gasteiger charge is 2.10. The van der Waals surface area contributed by atoms with Crippen molar-refractivity contribution in [1.82, 2.24) is 0 Å². The van der Waals surface area contributed by atoms with Crippen LogP contribution in [0.3, 0.4) is 0 Å². The maximum Gasteiger partial charge on any atom is 0.224 e. The van der Waals surface area contributed by atoms with Crippen molar-refractivity contribution in [2.45, 2.75) is 46.5 Å². The molecular weight excluding hydrogens is 264 g/mol. The highest BCUT2D eigenvalue weighted by Crippen LogP contribution is 2.27. The molecule has 0 spiro atoms. The van der Waals surface area contributed by atoms with Gasteiger partial charge >= 0.3 is 0 Å². The third-order valence-corrected chi connectivity index (χ3v) is 3.13. The predicted octanol–water partition coefficient (Wildman–Crippen LogP) is 3.35. The maximum absolute atomic E-state index is 11.9. The van der Waals surface area contributed by atoms with Crippen LogP contribution in [-0.2, 0) is 11.2 Å². The molecule has 0 saturated heterocycles. The van der Waals surface area contributed by atoms with Crippen molar-refractivity contribution in [3.63, 3.8) is 0 Å². The molecule has 118 valence electrons. The zero-order chi connectivity index (χ0) is 15.7. The number of hydrogen-bond acceptors (Lipinski definition) is 3. The van der Waals surface area contributed by atoms with E-state index in [0.29, 0.717) is 18.9 Å². The summed E-state index contributed by atoms with van der Waals surface area (Å²) in [5.74, 6) is 1.12. The van der Waals surface area contributed by atoms with Gasteiger partial charge in [0.15, 0.2) is 0 Å². The number of nitrogens with one attached hydrogen (secondary N) is 1. The number of nitrogens with two attached hydrogens (primary N) is 1. The van der Waals surface area contributed by atoms with Crippen molar-refractivity contribution < 1.29 is 9.53 Å². The van der Waals surface area contributed by atoms with Crippen LogP contribution in [0.1, 0.15) is 45.6 Å². The number of unbranched alkanes of at least 4 members (excludes halogenated alkanes) is 1. The van der Waals surface area contributed by atoms with E-state index in [9.17, 15) is 4.79 Å². The Morgan fingerprint density at radius 1 is 1.33 bits per heavy atom. The standard InChI is InChI=1S/C17H28N2O2/c1-4-21-16-12-14(7-5-6-10-18)8-9-15(16)19-17(20)11-13(2)3/h8-9,12-13H,4-7,10-11,18H2,1-3H3,(H,19,20). The Labute approximate surface area is 128 Å². The summed E-state index contributed by atoms with van der Waals surface area (Å²) in [6.45, 7) is 7.31. The zero-order valence-electron chi connectivity index (χ0n) is 13.4. The SMILES string of the molecule is CCOc1cc(CCCCN)ccc1NC(=O)CC(C)C. The Bertz CT molecular complexity index is 444. The van der Waals surface area contributed by atoms with Crippen LogP contribution in [0.4, 0.5) is 5.69 Å². The smallest absolute Gasteiger partial charge is 0.224 e. The molecule has 0 aromatic heterocycles. The fourth-order valence-corrected chi connectivity index (χ4v) is 2.15. The average Bonchev–Trinajstić information content (AvgIpc) is 2.41. The Morgan fingerprint density at radius 2 is 2.10 bits per heavy atom. The van der Waals surface area contributed by atoms with E-state index >= 15 is 0 Å². The number of carbonyl (C=O) groups is 1. The molecule has 3 N–H and O–H groups in total. The molecule has 0 fully saturated rings. The number of hydrogen-bond donors (Lipinski definition) is 2. The molecule has 0 aliphatic carbocycles. The Kier molecular flexibility index (Phi) is 7.83. The summed E-state index contributed by atoms with van der Waals surface area (Å²) in [6.07, 6.45) is 3.60. The zero-order valence-corrected chi connectivity index (χ0v) is 13.4. The lowest BCUT2D eigenvalue weighted by Crippen LogP contribution is -2.14. The van der Waals surface area contributed by atoms with Gasteiger partial charge in [-0.3, -0.25) is 4.79 Å². The highest BCUT2D eigenvalue weighted by atomic mass is 16.5. The number of benzene rings is 1. The fraction of sp³-hybridized carbons (Fsp3) is 0.588. The van der Waals surface area contributed by atoms with E-state index < -0.39 is 0 Å². The summed E-state index contributed by atoms with van der Waals surface area (Å²) < 4.78 is 5.65. The molecule has 21 heavy (non-hydrogen) atoms. The molecule has 1 aromatic carbocycles. The van der Waals surface area contributed by atoms with Gasteiger partial charge in [-0.25, -0.2) is 0 Å². The van der Waals surface area contributed by atoms with Crippen LogP contribution in [0.2, 0.25) is 0 Å². The van der Waals surface area contributed by atoms with Crippen LogP contribution in [-0.4, -0.2) is 19.1 Å². The van der Waals surface area contributed by atoms with Gasteiger partial charge in [-0.2, -0.15) is 0 Å². The highest BCUT2D eigenvalue weighted by molar-refractivity contribution is 5.92. The van der Waals surface area contributed by atoms with Gasteiger partial charge in [-0.1, -0.05) is 19.9 Å². The minimum Gasteiger partial charge on any atom is -0.492 e. The van der Waals surface area contributed by atoms with Crippen LogP contribution in [0, 0.1) is 5.92 Å². The van der Waals surface area contributed by atoms with E-state index in [1.54, 1.807) is 0 Å². The number of amides is 1. The van der Waals surface area contributed by atoms with Crippen LogP contribution >= 0.6 is 0 Å². The number of rotatable bonds is 9. The quantitative estimate of drug-likeness (QED) is 0.686. The van der Waals surface area contributed by atoms with Gasteiger partial charge in [-0.15, -0.1) is 0 Å². The molecular formula is C17H28N2O2. The second kappa shape index (κ2) is 9.40. The van der Waals surface area contributed by atoms with Crippen LogP contribution in [0.15, 0.2) is 18.2 Å². The first-order valence-corrected chi connectivity index (χ1v) is 7.82. The van der Waals surface area contributed by atoms with Gasteiger partial charge < -0.3 is 15.8 Å². The molecule has 1 aromatic rings. The van der Waals surface area contributed by atoms with Crippen LogP contribution in [0.25, 0.3) is 0 Å². The third-order valence-electron chi connectivity index (χ3n) is 3.13. The van der Waals surface area contributed by atoms with E-state index in [1.165, 1.54) is 5.56 Å². The number of carbonyl (C=O) groups excluding carboxylic acids is 1. The Hall–Kier alpha value is -1.55. The second-order valence-electron chi connectivity index (χ2n) is 5.66. The lowest BCUT2D eigenvalue weighted by atomic mass is 10.1. The molecule has 4 heteroatoms. The molecule has 0 aliphatic heterocycles. The topological polar surface area (TPSA) is 64.3 Å². The Balaban J connectivity index is 2.76. The molecule has 0 aliphatic rings. The summed E-state index contributed by atoms with van der Waals surface area (Å²) in [4.78, 5) is 11.9. The van der Waals surface area contributed by atoms with Crippen molar-refractivity contribution >= 4 is 11.6 Å². The molecule has 0 bridgehead atoms. The molecule has 0 saturated carbocycles. The molecule has 0 unspecified atom stereocenters. The van der Waals surface area contributed by atoms with Crippen molar-refractivity contribution in [3.8, 4) is 5.75 Å². The minimum absolute atomic E-state index is 0.0295. The maximum atomic E-state index is 11.9. The fourth-order valence-electron chi connectivity index (χ4n) is 2.15. The first-order valence-electron chi connectivity index (χ1n) is 7.82. The lowest BCUT2D eigenvalue weighted by molar-refractivity contribution is -0.116. The molecule has 1 rings (SSSR count). The lowest BCUT2D eigenvalue weighted by Gasteiger charge is -2.14. The minimum atomic E-state index is 0.0295. The summed E-state index contributed by atoms with van der Waals surface area (Å²) in [6, 6.07) is 6.00. The first-order chi connectivity index (χ1) is 10.1. The number of anilines is 1. The largest absolute Gasteiger partial charge is 0.492 e. The molecule has 1 amide bonds. The summed E-state index contributed by atoms with van der Waals surface area (Å²) in [5, 5.41) is 2.94. The second-order valence-corrected chi connectivity index (χ2v) is 5.66. The van der Waals surface area contributed by atoms with Gasteiger partial charge in [0, 0.05) is 6.42 Å². The predicted molar refractivity (Wildman–Crippen MR) is 87.7 cm³/mol. The van der Waals surface area contributed by atoms with E-state index in [1.807, 2.05) is 39.0 Å². The number of ether oxygens (including phenoxy) is 1. The summed E-state index contributed by atoms with van der Waals surface area (Å²) in [5.41, 5.74) is 7.49. The van der Waals surface area contributed by atoms with Crippen molar-refractivity contribution in [3.05, 3.63) is 23.8 Å². The van der Waals surface area contributed by atoms with Gasteiger partial charge in [0.2, 0.25) is 5.91 Å². The third kappa shape index (κ3) is 6.63.